The van der Waals surface area contributed by atoms with E-state index in [-0.39, 0.29) is 12.3 Å². The highest BCUT2D eigenvalue weighted by Gasteiger charge is 2.09. The number of nitrogens with one attached hydrogen (secondary N) is 2. The maximum absolute atomic E-state index is 11.5. The second-order valence-corrected chi connectivity index (χ2v) is 2.91. The fourth-order valence-corrected chi connectivity index (χ4v) is 1.06. The predicted molar refractivity (Wildman–Crippen MR) is 49.7 cm³/mol. The molecule has 0 fully saturated rings. The number of anilines is 1. The number of tetrazole rings is 1. The lowest BCUT2D eigenvalue weighted by molar-refractivity contribution is -0.115. The number of rotatable bonds is 3. The Morgan fingerprint density at radius 2 is 2.53 bits per heavy atom. The van der Waals surface area contributed by atoms with Crippen molar-refractivity contribution >= 4 is 11.7 Å². The molecule has 8 nitrogen and oxygen atoms in total. The van der Waals surface area contributed by atoms with Crippen molar-refractivity contribution < 1.29 is 4.79 Å². The molecular formula is C7H9N7O. The summed E-state index contributed by atoms with van der Waals surface area (Å²) in [7, 11) is 1.68. The van der Waals surface area contributed by atoms with Gasteiger partial charge in [0.2, 0.25) is 5.91 Å². The number of amides is 1. The van der Waals surface area contributed by atoms with Crippen LogP contribution in [0.3, 0.4) is 0 Å². The van der Waals surface area contributed by atoms with E-state index in [9.17, 15) is 4.79 Å². The summed E-state index contributed by atoms with van der Waals surface area (Å²) >= 11 is 0. The minimum absolute atomic E-state index is 0.127. The molecule has 8 heteroatoms. The number of carbonyl (C=O) groups is 1. The third kappa shape index (κ3) is 2.16. The number of aromatic amines is 1. The number of nitrogens with zero attached hydrogens (tertiary/aromatic N) is 5. The maximum atomic E-state index is 11.5. The van der Waals surface area contributed by atoms with Crippen molar-refractivity contribution in [1.82, 2.24) is 30.4 Å². The molecule has 0 bridgehead atoms. The van der Waals surface area contributed by atoms with Crippen LogP contribution in [0.2, 0.25) is 0 Å². The summed E-state index contributed by atoms with van der Waals surface area (Å²) in [6, 6.07) is 1.66. The number of aromatic nitrogens is 6. The number of carbonyl (C=O) groups excluding carboxylic acids is 1. The minimum atomic E-state index is -0.197. The highest BCUT2D eigenvalue weighted by atomic mass is 16.1. The molecule has 0 atom stereocenters. The molecule has 0 aliphatic carbocycles. The molecule has 2 rings (SSSR count). The van der Waals surface area contributed by atoms with Gasteiger partial charge in [-0.3, -0.25) is 9.89 Å². The summed E-state index contributed by atoms with van der Waals surface area (Å²) in [4.78, 5) is 11.5. The van der Waals surface area contributed by atoms with Gasteiger partial charge in [-0.25, -0.2) is 4.68 Å². The Bertz CT molecular complexity index is 446. The van der Waals surface area contributed by atoms with Gasteiger partial charge in [-0.15, -0.1) is 5.10 Å². The predicted octanol–water partition coefficient (Wildman–Crippen LogP) is -0.886. The van der Waals surface area contributed by atoms with Crippen molar-refractivity contribution in [2.24, 2.45) is 7.05 Å². The lowest BCUT2D eigenvalue weighted by Crippen LogP contribution is -2.17. The summed E-state index contributed by atoms with van der Waals surface area (Å²) < 4.78 is 1.45. The molecule has 78 valence electrons. The zero-order valence-electron chi connectivity index (χ0n) is 8.01. The molecule has 0 aliphatic heterocycles. The lowest BCUT2D eigenvalue weighted by Gasteiger charge is -2.00. The summed E-state index contributed by atoms with van der Waals surface area (Å²) in [6.45, 7) is 0. The van der Waals surface area contributed by atoms with Gasteiger partial charge in [-0.2, -0.15) is 5.10 Å². The Labute approximate surface area is 84.7 Å². The quantitative estimate of drug-likeness (QED) is 0.680. The van der Waals surface area contributed by atoms with Crippen LogP contribution in [0.15, 0.2) is 12.3 Å². The van der Waals surface area contributed by atoms with E-state index < -0.39 is 0 Å². The molecule has 15 heavy (non-hydrogen) atoms. The van der Waals surface area contributed by atoms with Crippen molar-refractivity contribution in [3.8, 4) is 0 Å². The van der Waals surface area contributed by atoms with Gasteiger partial charge >= 0.3 is 0 Å². The van der Waals surface area contributed by atoms with Crippen LogP contribution in [-0.4, -0.2) is 36.3 Å². The Morgan fingerprint density at radius 1 is 1.67 bits per heavy atom. The van der Waals surface area contributed by atoms with Crippen LogP contribution in [0.4, 0.5) is 5.82 Å². The Kier molecular flexibility index (Phi) is 2.40. The third-order valence-corrected chi connectivity index (χ3v) is 1.80. The second kappa shape index (κ2) is 3.86. The SMILES string of the molecule is Cn1nnnc1CC(=O)Nc1ccn[nH]1. The molecule has 0 radical (unpaired) electrons. The van der Waals surface area contributed by atoms with Gasteiger partial charge < -0.3 is 5.32 Å². The topological polar surface area (TPSA) is 101 Å². The first-order chi connectivity index (χ1) is 7.25. The molecular weight excluding hydrogens is 198 g/mol. The third-order valence-electron chi connectivity index (χ3n) is 1.80. The van der Waals surface area contributed by atoms with Gasteiger partial charge in [0, 0.05) is 13.1 Å². The lowest BCUT2D eigenvalue weighted by atomic mass is 10.4. The van der Waals surface area contributed by atoms with Gasteiger partial charge in [0.1, 0.15) is 5.82 Å². The zero-order chi connectivity index (χ0) is 10.7. The minimum Gasteiger partial charge on any atom is -0.311 e. The van der Waals surface area contributed by atoms with E-state index in [4.69, 9.17) is 0 Å². The number of hydrogen-bond acceptors (Lipinski definition) is 5. The standard InChI is InChI=1S/C7H9N7O/c1-14-6(11-12-13-14)4-7(15)9-5-2-3-8-10-5/h2-3H,4H2,1H3,(H2,8,9,10,15). The molecule has 1 amide bonds. The van der Waals surface area contributed by atoms with E-state index in [2.05, 4.69) is 31.0 Å². The normalized spacial score (nSPS) is 10.2. The molecule has 0 unspecified atom stereocenters. The number of H-pyrrole nitrogens is 1. The van der Waals surface area contributed by atoms with E-state index in [1.54, 1.807) is 19.3 Å². The monoisotopic (exact) mass is 207 g/mol. The van der Waals surface area contributed by atoms with Crippen LogP contribution in [0.5, 0.6) is 0 Å². The molecule has 0 aliphatic rings. The van der Waals surface area contributed by atoms with Crippen LogP contribution in [0.25, 0.3) is 0 Å². The molecule has 2 heterocycles. The zero-order valence-corrected chi connectivity index (χ0v) is 8.01. The summed E-state index contributed by atoms with van der Waals surface area (Å²) in [6.07, 6.45) is 1.68. The second-order valence-electron chi connectivity index (χ2n) is 2.91. The highest BCUT2D eigenvalue weighted by molar-refractivity contribution is 5.90. The molecule has 2 N–H and O–H groups in total. The van der Waals surface area contributed by atoms with Crippen LogP contribution in [0.1, 0.15) is 5.82 Å². The van der Waals surface area contributed by atoms with Gasteiger partial charge in [-0.05, 0) is 10.4 Å². The van der Waals surface area contributed by atoms with Crippen molar-refractivity contribution in [2.75, 3.05) is 5.32 Å². The first-order valence-corrected chi connectivity index (χ1v) is 4.26. The Morgan fingerprint density at radius 3 is 3.13 bits per heavy atom. The summed E-state index contributed by atoms with van der Waals surface area (Å²) in [5, 5.41) is 19.7. The fourth-order valence-electron chi connectivity index (χ4n) is 1.06. The molecule has 0 saturated carbocycles. The van der Waals surface area contributed by atoms with Crippen molar-refractivity contribution in [3.63, 3.8) is 0 Å². The molecule has 2 aromatic rings. The molecule has 0 aromatic carbocycles. The van der Waals surface area contributed by atoms with E-state index in [0.717, 1.165) is 0 Å². The van der Waals surface area contributed by atoms with E-state index >= 15 is 0 Å². The van der Waals surface area contributed by atoms with E-state index in [1.807, 2.05) is 0 Å². The Hall–Kier alpha value is -2.25. The van der Waals surface area contributed by atoms with E-state index in [0.29, 0.717) is 11.6 Å². The summed E-state index contributed by atoms with van der Waals surface area (Å²) in [5.74, 6) is 0.860. The van der Waals surface area contributed by atoms with E-state index in [1.165, 1.54) is 4.68 Å². The van der Waals surface area contributed by atoms with Crippen molar-refractivity contribution in [1.29, 1.82) is 0 Å². The fraction of sp³-hybridized carbons (Fsp3) is 0.286. The number of hydrogen-bond donors (Lipinski definition) is 2. The Balaban J connectivity index is 1.96. The number of aryl methyl sites for hydroxylation is 1. The smallest absolute Gasteiger partial charge is 0.233 e. The van der Waals surface area contributed by atoms with Gasteiger partial charge in [0.15, 0.2) is 5.82 Å². The molecule has 0 spiro atoms. The maximum Gasteiger partial charge on any atom is 0.233 e. The van der Waals surface area contributed by atoms with Gasteiger partial charge in [0.05, 0.1) is 12.6 Å². The average molecular weight is 207 g/mol. The molecule has 0 saturated heterocycles. The van der Waals surface area contributed by atoms with Crippen molar-refractivity contribution in [3.05, 3.63) is 18.1 Å². The summed E-state index contributed by atoms with van der Waals surface area (Å²) in [5.41, 5.74) is 0. The first-order valence-electron chi connectivity index (χ1n) is 4.26. The van der Waals surface area contributed by atoms with Gasteiger partial charge in [-0.1, -0.05) is 0 Å². The molecule has 2 aromatic heterocycles. The largest absolute Gasteiger partial charge is 0.311 e. The average Bonchev–Trinajstić information content (AvgIpc) is 2.79. The highest BCUT2D eigenvalue weighted by Crippen LogP contribution is 2.00. The van der Waals surface area contributed by atoms with Crippen LogP contribution in [0, 0.1) is 0 Å². The van der Waals surface area contributed by atoms with Crippen LogP contribution in [-0.2, 0) is 18.3 Å². The van der Waals surface area contributed by atoms with Gasteiger partial charge in [0.25, 0.3) is 0 Å². The van der Waals surface area contributed by atoms with Crippen molar-refractivity contribution in [2.45, 2.75) is 6.42 Å². The first kappa shape index (κ1) is 9.31. The van der Waals surface area contributed by atoms with Crippen LogP contribution < -0.4 is 5.32 Å². The van der Waals surface area contributed by atoms with Crippen LogP contribution >= 0.6 is 0 Å².